The van der Waals surface area contributed by atoms with E-state index in [-0.39, 0.29) is 110 Å². The second kappa shape index (κ2) is 32.8. The molecule has 0 saturated heterocycles. The number of hydrogen-bond acceptors (Lipinski definition) is 12. The summed E-state index contributed by atoms with van der Waals surface area (Å²) in [5, 5.41) is 9.54. The minimum atomic E-state index is -0.545. The number of hydrogen-bond donors (Lipinski definition) is 4. The van der Waals surface area contributed by atoms with Crippen LogP contribution in [0.5, 0.6) is 23.0 Å². The average molecular weight is 1480 g/mol. The average Bonchev–Trinajstić information content (AvgIpc) is 1.58. The molecule has 16 nitrogen and oxygen atoms in total. The Balaban J connectivity index is 1.06. The molecule has 13 rings (SSSR count). The lowest BCUT2D eigenvalue weighted by atomic mass is 9.96. The molecule has 6 aromatic carbocycles. The Hall–Kier alpha value is -11.4. The summed E-state index contributed by atoms with van der Waals surface area (Å²) in [6.45, 7) is 34.8. The Labute approximate surface area is 642 Å². The van der Waals surface area contributed by atoms with Crippen LogP contribution >= 0.6 is 0 Å². The van der Waals surface area contributed by atoms with Gasteiger partial charge in [-0.15, -0.1) is 0 Å². The number of carbonyl (C=O) groups is 4. The highest BCUT2D eigenvalue weighted by Crippen LogP contribution is 2.41. The van der Waals surface area contributed by atoms with Crippen molar-refractivity contribution < 1.29 is 57.1 Å². The van der Waals surface area contributed by atoms with Gasteiger partial charge in [0, 0.05) is 76.8 Å². The van der Waals surface area contributed by atoms with Gasteiger partial charge >= 0.3 is 23.9 Å². The van der Waals surface area contributed by atoms with Crippen molar-refractivity contribution in [2.75, 3.05) is 0 Å². The minimum absolute atomic E-state index is 0.0129. The number of allylic oxidation sites excluding steroid dienone is 3. The number of rotatable bonds is 28. The third kappa shape index (κ3) is 16.3. The molecule has 0 unspecified atom stereocenters. The van der Waals surface area contributed by atoms with Gasteiger partial charge in [-0.05, 0) is 160 Å². The van der Waals surface area contributed by atoms with Gasteiger partial charge in [0.2, 0.25) is 0 Å². The summed E-state index contributed by atoms with van der Waals surface area (Å²) in [7, 11) is 0. The van der Waals surface area contributed by atoms with Gasteiger partial charge in [0.15, 0.2) is 0 Å². The number of benzene rings is 6. The van der Waals surface area contributed by atoms with Gasteiger partial charge in [-0.25, -0.2) is 19.2 Å². The lowest BCUT2D eigenvalue weighted by molar-refractivity contribution is -0.141. The molecular weight excluding hydrogens is 1380 g/mol. The first-order valence-corrected chi connectivity index (χ1v) is 38.7. The molecule has 4 N–H and O–H groups in total. The summed E-state index contributed by atoms with van der Waals surface area (Å²) in [6.07, 6.45) is 15.4. The van der Waals surface area contributed by atoms with Gasteiger partial charge in [-0.2, -0.15) is 0 Å². The number of esters is 4. The number of H-pyrrole nitrogens is 4. The number of carbonyl (C=O) groups excluding carboxylic acids is 4. The van der Waals surface area contributed by atoms with E-state index in [4.69, 9.17) is 37.9 Å². The van der Waals surface area contributed by atoms with Crippen molar-refractivity contribution in [3.05, 3.63) is 239 Å². The zero-order valence-electron chi connectivity index (χ0n) is 65.9. The summed E-state index contributed by atoms with van der Waals surface area (Å²) in [6, 6.07) is 34.2. The second-order valence-electron chi connectivity index (χ2n) is 31.9. The lowest BCUT2D eigenvalue weighted by Gasteiger charge is -2.27. The maximum atomic E-state index is 14.5. The first-order chi connectivity index (χ1) is 52.8. The van der Waals surface area contributed by atoms with E-state index in [2.05, 4.69) is 184 Å². The van der Waals surface area contributed by atoms with Crippen LogP contribution in [0.15, 0.2) is 162 Å². The van der Waals surface area contributed by atoms with Gasteiger partial charge in [0.1, 0.15) is 79.4 Å². The van der Waals surface area contributed by atoms with Gasteiger partial charge < -0.3 is 57.8 Å². The lowest BCUT2D eigenvalue weighted by Crippen LogP contribution is -2.29. The summed E-state index contributed by atoms with van der Waals surface area (Å²) >= 11 is 0. The van der Waals surface area contributed by atoms with E-state index in [1.807, 2.05) is 60.7 Å². The standard InChI is InChI=1S/C94H100N4O12/c1-51(2)87(52(3)4)107-77-29-21-27-67-69-43-75-85-79(109-89(55(9)10)56(11)12)42-40-66(50-106-94(102)64-37-33-60(34-38-64)48-104-92(100)62-25-19-20-26-62)82(85)72(98-75)46-74-84-68(28-22-30-78(84)108-88(53(5)6)54(7)8)70(96-74)44-76-86-80(110-90(57(13)14)58(15)16)41-39-65(81(86)71(97-76)45-73(95-69)83(67)77)49-105-93(101)63-35-31-59(32-36-63)47-103-91(99)61-23-17-18-24-61/h17-18,21-23,25,27-46,51-58,87-90,95-98H,24,47-50H2,1-16H3. The van der Waals surface area contributed by atoms with Crippen LogP contribution in [0.25, 0.3) is 67.4 Å². The van der Waals surface area contributed by atoms with Crippen LogP contribution < -0.4 is 40.3 Å². The molecule has 0 spiro atoms. The van der Waals surface area contributed by atoms with E-state index in [1.54, 1.807) is 54.6 Å². The molecule has 0 atom stereocenters. The van der Waals surface area contributed by atoms with Crippen LogP contribution in [0, 0.1) is 47.3 Å². The normalized spacial score (nSPS) is 13.2. The molecule has 1 aliphatic heterocycles. The summed E-state index contributed by atoms with van der Waals surface area (Å²) < 4.78 is 53.2. The monoisotopic (exact) mass is 1480 g/mol. The highest BCUT2D eigenvalue weighted by molar-refractivity contribution is 6.06. The molecule has 568 valence electrons. The zero-order chi connectivity index (χ0) is 77.9. The number of aromatic amines is 4. The molecule has 0 saturated carbocycles. The van der Waals surface area contributed by atoms with E-state index >= 15 is 0 Å². The van der Waals surface area contributed by atoms with Crippen LogP contribution in [0.3, 0.4) is 0 Å². The van der Waals surface area contributed by atoms with Gasteiger partial charge in [0.25, 0.3) is 0 Å². The molecule has 8 bridgehead atoms. The van der Waals surface area contributed by atoms with Crippen LogP contribution in [-0.2, 0) is 55.0 Å². The third-order valence-electron chi connectivity index (χ3n) is 20.9. The van der Waals surface area contributed by atoms with Crippen LogP contribution in [0.4, 0.5) is 0 Å². The minimum Gasteiger partial charge on any atom is -0.489 e. The summed E-state index contributed by atoms with van der Waals surface area (Å²) in [5.41, 5.74) is 15.2. The zero-order valence-corrected chi connectivity index (χ0v) is 65.9. The molecule has 5 heterocycles. The molecule has 2 aliphatic carbocycles. The maximum Gasteiger partial charge on any atom is 0.347 e. The molecular formula is C94H100N4O12. The first kappa shape index (κ1) is 76.8. The Morgan fingerprint density at radius 2 is 0.736 bits per heavy atom. The summed E-state index contributed by atoms with van der Waals surface area (Å²) in [5.74, 6) is 1.84. The SMILES string of the molecule is CC(C)C(Oc1ccc(COC(=O)c2ccc(COC(=O)C3=C=C=C=C3)cc2)c2c3[nH]c(c12)C=c1[nH]c(c2c(OC(C(C)C)C(C)C)cccc12)=Cc1[nH]c(c2c(OC(C(C)C)C(C)C)ccc(COC(=O)c4ccc(COC(=O)C5=CC=CC5)cc4)c12)C=c1[nH]c(c2c(OC(C(C)C)C(C)C)cccc12)=C3)C(C)C. The van der Waals surface area contributed by atoms with Crippen molar-refractivity contribution >= 4 is 91.3 Å². The van der Waals surface area contributed by atoms with Crippen molar-refractivity contribution in [3.63, 3.8) is 0 Å². The van der Waals surface area contributed by atoms with Crippen molar-refractivity contribution in [3.8, 4) is 23.0 Å². The number of fused-ring (bicyclic) bond motifs is 20. The molecule has 0 radical (unpaired) electrons. The Morgan fingerprint density at radius 3 is 1.10 bits per heavy atom. The number of ether oxygens (including phenoxy) is 8. The molecule has 10 aromatic rings. The van der Waals surface area contributed by atoms with Crippen molar-refractivity contribution in [1.82, 2.24) is 19.9 Å². The molecule has 3 aliphatic rings. The largest absolute Gasteiger partial charge is 0.489 e. The van der Waals surface area contributed by atoms with Crippen molar-refractivity contribution in [2.24, 2.45) is 47.3 Å². The van der Waals surface area contributed by atoms with Crippen molar-refractivity contribution in [2.45, 2.75) is 168 Å². The third-order valence-corrected chi connectivity index (χ3v) is 20.9. The van der Waals surface area contributed by atoms with Gasteiger partial charge in [-0.3, -0.25) is 0 Å². The van der Waals surface area contributed by atoms with E-state index < -0.39 is 17.9 Å². The van der Waals surface area contributed by atoms with Gasteiger partial charge in [-0.1, -0.05) is 195 Å². The highest BCUT2D eigenvalue weighted by Gasteiger charge is 2.30. The quantitative estimate of drug-likeness (QED) is 0.0205. The number of nitrogens with one attached hydrogen (secondary N) is 4. The molecule has 0 amide bonds. The molecule has 16 heteroatoms. The van der Waals surface area contributed by atoms with E-state index in [1.165, 1.54) is 6.08 Å². The topological polar surface area (TPSA) is 205 Å². The first-order valence-electron chi connectivity index (χ1n) is 38.7. The fourth-order valence-corrected chi connectivity index (χ4v) is 15.8. The smallest absolute Gasteiger partial charge is 0.347 e. The van der Waals surface area contributed by atoms with E-state index in [0.29, 0.717) is 68.6 Å². The second-order valence-corrected chi connectivity index (χ2v) is 31.9. The molecule has 110 heavy (non-hydrogen) atoms. The Morgan fingerprint density at radius 1 is 0.373 bits per heavy atom. The predicted molar refractivity (Wildman–Crippen MR) is 434 cm³/mol. The Kier molecular flexibility index (Phi) is 22.9. The highest BCUT2D eigenvalue weighted by atomic mass is 16.5. The van der Waals surface area contributed by atoms with Crippen LogP contribution in [0.2, 0.25) is 0 Å². The fraction of sp³-hybridized carbons (Fsp3) is 0.351. The van der Waals surface area contributed by atoms with Crippen LogP contribution in [0.1, 0.15) is 183 Å². The van der Waals surface area contributed by atoms with Crippen molar-refractivity contribution in [1.29, 1.82) is 0 Å². The summed E-state index contributed by atoms with van der Waals surface area (Å²) in [4.78, 5) is 70.3. The molecule has 0 fully saturated rings. The Bertz CT molecular complexity index is 5530. The van der Waals surface area contributed by atoms with Crippen LogP contribution in [-0.4, -0.2) is 68.2 Å². The molecule has 4 aromatic heterocycles. The van der Waals surface area contributed by atoms with E-state index in [0.717, 1.165) is 87.0 Å². The predicted octanol–water partition coefficient (Wildman–Crippen LogP) is 17.6. The fourth-order valence-electron chi connectivity index (χ4n) is 15.8. The van der Waals surface area contributed by atoms with Gasteiger partial charge in [0.05, 0.1) is 33.2 Å². The number of aromatic nitrogens is 4. The maximum absolute atomic E-state index is 14.5. The van der Waals surface area contributed by atoms with E-state index in [9.17, 15) is 19.2 Å².